The number of oxime groups is 1. The van der Waals surface area contributed by atoms with Gasteiger partial charge in [0.25, 0.3) is 17.7 Å². The van der Waals surface area contributed by atoms with E-state index in [-0.39, 0.29) is 40.0 Å². The predicted molar refractivity (Wildman–Crippen MR) is 159 cm³/mol. The lowest BCUT2D eigenvalue weighted by Crippen LogP contribution is -2.71. The van der Waals surface area contributed by atoms with Gasteiger partial charge in [0.15, 0.2) is 23.2 Å². The molecule has 2 saturated heterocycles. The van der Waals surface area contributed by atoms with Crippen molar-refractivity contribution in [1.82, 2.24) is 15.2 Å². The number of pyridine rings is 1. The fourth-order valence-electron chi connectivity index (χ4n) is 5.56. The third-order valence-electron chi connectivity index (χ3n) is 7.81. The van der Waals surface area contributed by atoms with Crippen LogP contribution < -0.4 is 20.5 Å². The molecule has 13 nitrogen and oxygen atoms in total. The van der Waals surface area contributed by atoms with E-state index in [9.17, 15) is 24.3 Å². The van der Waals surface area contributed by atoms with Gasteiger partial charge >= 0.3 is 5.97 Å². The molecule has 3 amide bonds. The molecule has 4 aliphatic rings. The summed E-state index contributed by atoms with van der Waals surface area (Å²) in [5.41, 5.74) is 7.34. The highest BCUT2D eigenvalue weighted by atomic mass is 32.2. The summed E-state index contributed by atoms with van der Waals surface area (Å²) in [5.74, 6) is -2.47. The van der Waals surface area contributed by atoms with E-state index in [0.717, 1.165) is 42.7 Å². The molecule has 2 aromatic heterocycles. The minimum atomic E-state index is -1.28. The van der Waals surface area contributed by atoms with Gasteiger partial charge in [-0.2, -0.15) is 0 Å². The van der Waals surface area contributed by atoms with Crippen LogP contribution >= 0.6 is 23.1 Å². The van der Waals surface area contributed by atoms with E-state index in [1.807, 2.05) is 36.1 Å². The molecule has 0 unspecified atom stereocenters. The average molecular weight is 625 g/mol. The normalized spacial score (nSPS) is 23.6. The van der Waals surface area contributed by atoms with E-state index in [2.05, 4.69) is 15.5 Å². The Morgan fingerprint density at radius 1 is 1.26 bits per heavy atom. The number of carboxylic acids is 1. The molecule has 0 bridgehead atoms. The molecule has 15 heteroatoms. The number of carbonyl (C=O) groups is 4. The number of aryl methyl sites for hydroxylation is 1. The molecule has 5 heterocycles. The van der Waals surface area contributed by atoms with Gasteiger partial charge in [0.05, 0.1) is 5.69 Å². The molecular weight excluding hydrogens is 594 g/mol. The van der Waals surface area contributed by atoms with Crippen molar-refractivity contribution in [3.05, 3.63) is 58.5 Å². The first kappa shape index (κ1) is 28.9. The molecule has 224 valence electrons. The second-order valence-electron chi connectivity index (χ2n) is 10.7. The minimum Gasteiger partial charge on any atom is -0.477 e. The smallest absolute Gasteiger partial charge is 0.352 e. The maximum atomic E-state index is 13.3. The molecule has 1 aliphatic carbocycles. The molecular formula is C28H30N7O6S2+. The number of β-lactam (4-membered cyclic amide) rings is 1. The number of thiazole rings is 1. The lowest BCUT2D eigenvalue weighted by Gasteiger charge is -2.49. The van der Waals surface area contributed by atoms with Gasteiger partial charge in [-0.05, 0) is 43.8 Å². The summed E-state index contributed by atoms with van der Waals surface area (Å²) in [4.78, 5) is 64.8. The van der Waals surface area contributed by atoms with Crippen molar-refractivity contribution >= 4 is 63.3 Å². The van der Waals surface area contributed by atoms with Gasteiger partial charge in [-0.15, -0.1) is 23.1 Å². The molecule has 0 spiro atoms. The van der Waals surface area contributed by atoms with Crippen molar-refractivity contribution in [2.75, 3.05) is 22.9 Å². The standard InChI is InChI=1S/C28H29N7O6S2/c1-33-9-7-17(8-10-33)34-11-6-15(24(34)37)12-16-13-42-26-21(25(38)35(26)22(16)27(39)40)31-23(36)20(19-14-43-28(29)30-19)32-41-18-4-2-3-5-18/h7-10,12,14,18,21,26H,2-6,11,13H2,1H3,(H3-,29,30,31,36,39,40)/p+1/b15-12+,32-20-/t21-,26-/m1/s1. The van der Waals surface area contributed by atoms with Gasteiger partial charge in [0.1, 0.15) is 36.0 Å². The first-order chi connectivity index (χ1) is 20.7. The fourth-order valence-corrected chi connectivity index (χ4v) is 7.42. The summed E-state index contributed by atoms with van der Waals surface area (Å²) in [5, 5.41) is 18.1. The van der Waals surface area contributed by atoms with Crippen molar-refractivity contribution in [2.45, 2.75) is 49.6 Å². The zero-order valence-corrected chi connectivity index (χ0v) is 24.9. The van der Waals surface area contributed by atoms with Gasteiger partial charge in [0.2, 0.25) is 0 Å². The Morgan fingerprint density at radius 3 is 2.67 bits per heavy atom. The van der Waals surface area contributed by atoms with Crippen LogP contribution in [0, 0.1) is 0 Å². The second-order valence-corrected chi connectivity index (χ2v) is 12.7. The van der Waals surface area contributed by atoms with E-state index in [1.165, 1.54) is 16.7 Å². The van der Waals surface area contributed by atoms with Gasteiger partial charge in [-0.3, -0.25) is 19.3 Å². The van der Waals surface area contributed by atoms with E-state index in [4.69, 9.17) is 10.6 Å². The minimum absolute atomic E-state index is 0.0946. The number of aliphatic carboxylic acids is 1. The van der Waals surface area contributed by atoms with Gasteiger partial charge in [-0.25, -0.2) is 14.3 Å². The van der Waals surface area contributed by atoms with Gasteiger partial charge in [0, 0.05) is 35.4 Å². The summed E-state index contributed by atoms with van der Waals surface area (Å²) < 4.78 is 1.87. The van der Waals surface area contributed by atoms with Crippen molar-refractivity contribution in [1.29, 1.82) is 0 Å². The van der Waals surface area contributed by atoms with Crippen molar-refractivity contribution in [3.8, 4) is 0 Å². The number of hydrogen-bond acceptors (Lipinski definition) is 10. The van der Waals surface area contributed by atoms with Gasteiger partial charge in [-0.1, -0.05) is 5.16 Å². The Kier molecular flexibility index (Phi) is 7.92. The fraction of sp³-hybridized carbons (Fsp3) is 0.393. The van der Waals surface area contributed by atoms with Crippen LogP contribution in [0.3, 0.4) is 0 Å². The van der Waals surface area contributed by atoms with E-state index < -0.39 is 29.2 Å². The molecule has 2 atom stereocenters. The molecule has 2 aromatic rings. The summed E-state index contributed by atoms with van der Waals surface area (Å²) in [7, 11) is 1.89. The molecule has 43 heavy (non-hydrogen) atoms. The number of carboxylic acid groups (broad SMARTS) is 1. The second kappa shape index (κ2) is 11.8. The van der Waals surface area contributed by atoms with E-state index in [0.29, 0.717) is 24.1 Å². The molecule has 3 aliphatic heterocycles. The monoisotopic (exact) mass is 624 g/mol. The molecule has 0 radical (unpaired) electrons. The third-order valence-corrected chi connectivity index (χ3v) is 9.78. The first-order valence-corrected chi connectivity index (χ1v) is 15.8. The van der Waals surface area contributed by atoms with Gasteiger partial charge < -0.3 is 25.9 Å². The quantitative estimate of drug-likeness (QED) is 0.129. The number of nitrogens with two attached hydrogens (primary N) is 1. The van der Waals surface area contributed by atoms with E-state index >= 15 is 0 Å². The van der Waals surface area contributed by atoms with Crippen molar-refractivity contribution in [2.24, 2.45) is 12.2 Å². The lowest BCUT2D eigenvalue weighted by molar-refractivity contribution is -0.671. The van der Waals surface area contributed by atoms with Crippen LogP contribution in [-0.2, 0) is 31.1 Å². The zero-order valence-electron chi connectivity index (χ0n) is 23.3. The summed E-state index contributed by atoms with van der Waals surface area (Å²) in [6, 6.07) is 2.71. The Hall–Kier alpha value is -4.24. The number of rotatable bonds is 8. The Bertz CT molecular complexity index is 1580. The largest absolute Gasteiger partial charge is 0.477 e. The number of thioether (sulfide) groups is 1. The number of nitrogens with zero attached hydrogens (tertiary/aromatic N) is 5. The van der Waals surface area contributed by atoms with Crippen LogP contribution in [0.15, 0.2) is 58.0 Å². The number of carbonyl (C=O) groups excluding carboxylic acids is 3. The molecule has 1 saturated carbocycles. The number of nitrogens with one attached hydrogen (secondary N) is 1. The number of amides is 3. The van der Waals surface area contributed by atoms with E-state index in [1.54, 1.807) is 16.4 Å². The summed E-state index contributed by atoms with van der Waals surface area (Å²) >= 11 is 2.46. The molecule has 4 N–H and O–H groups in total. The maximum absolute atomic E-state index is 13.3. The van der Waals surface area contributed by atoms with Crippen LogP contribution in [-0.4, -0.2) is 74.2 Å². The Morgan fingerprint density at radius 2 is 2.00 bits per heavy atom. The van der Waals surface area contributed by atoms with Crippen LogP contribution in [0.25, 0.3) is 0 Å². The van der Waals surface area contributed by atoms with Crippen LogP contribution in [0.2, 0.25) is 0 Å². The molecule has 6 rings (SSSR count). The number of allylic oxidation sites excluding steroid dienone is 1. The number of aromatic nitrogens is 2. The molecule has 0 aromatic carbocycles. The summed E-state index contributed by atoms with van der Waals surface area (Å²) in [6.07, 6.45) is 9.36. The predicted octanol–water partition coefficient (Wildman–Crippen LogP) is 1.32. The van der Waals surface area contributed by atoms with Crippen molar-refractivity contribution in [3.63, 3.8) is 0 Å². The third kappa shape index (κ3) is 5.61. The van der Waals surface area contributed by atoms with Crippen LogP contribution in [0.1, 0.15) is 37.8 Å². The Balaban J connectivity index is 1.19. The summed E-state index contributed by atoms with van der Waals surface area (Å²) in [6.45, 7) is 0.472. The number of nitrogen functional groups attached to an aromatic ring is 1. The topological polar surface area (TPSA) is 171 Å². The highest BCUT2D eigenvalue weighted by Gasteiger charge is 2.54. The lowest BCUT2D eigenvalue weighted by atomic mass is 10.0. The van der Waals surface area contributed by atoms with Crippen LogP contribution in [0.4, 0.5) is 10.8 Å². The highest BCUT2D eigenvalue weighted by molar-refractivity contribution is 8.00. The molecule has 3 fully saturated rings. The zero-order chi connectivity index (χ0) is 30.2. The number of anilines is 2. The van der Waals surface area contributed by atoms with Crippen molar-refractivity contribution < 1.29 is 33.7 Å². The Labute approximate surface area is 255 Å². The average Bonchev–Trinajstić information content (AvgIpc) is 3.75. The highest BCUT2D eigenvalue weighted by Crippen LogP contribution is 2.41. The SMILES string of the molecule is C[n+]1ccc(N2CC/C(=C\C3=C(C(=O)O)N4C(=O)[C@@H](NC(=O)/C(=N\OC5CCCC5)c5csc(N)n5)[C@H]4SC3)C2=O)cc1. The number of fused-ring (bicyclic) bond motifs is 1. The van der Waals surface area contributed by atoms with Crippen LogP contribution in [0.5, 0.6) is 0 Å². The first-order valence-electron chi connectivity index (χ1n) is 13.9. The number of hydrogen-bond donors (Lipinski definition) is 3. The maximum Gasteiger partial charge on any atom is 0.352 e.